The molecule has 0 bridgehead atoms. The van der Waals surface area contributed by atoms with Gasteiger partial charge in [0.1, 0.15) is 0 Å². The molecular weight excluding hydrogens is 180 g/mol. The van der Waals surface area contributed by atoms with E-state index in [4.69, 9.17) is 5.73 Å². The second-order valence-electron chi connectivity index (χ2n) is 3.65. The smallest absolute Gasteiger partial charge is 0.272 e. The van der Waals surface area contributed by atoms with Gasteiger partial charge in [0.25, 0.3) is 5.91 Å². The molecule has 14 heavy (non-hydrogen) atoms. The zero-order valence-electron chi connectivity index (χ0n) is 8.32. The first-order valence-corrected chi connectivity index (χ1v) is 4.35. The number of hydrogen-bond donors (Lipinski definition) is 2. The van der Waals surface area contributed by atoms with E-state index < -0.39 is 5.54 Å². The van der Waals surface area contributed by atoms with Crippen molar-refractivity contribution in [3.8, 4) is 0 Å². The second-order valence-corrected chi connectivity index (χ2v) is 3.65. The summed E-state index contributed by atoms with van der Waals surface area (Å²) in [6, 6.07) is 3.27. The summed E-state index contributed by atoms with van der Waals surface area (Å²) in [5.74, 6) is -0.256. The summed E-state index contributed by atoms with van der Waals surface area (Å²) in [4.78, 5) is 11.6. The van der Waals surface area contributed by atoms with E-state index in [1.807, 2.05) is 13.8 Å². The Hall–Kier alpha value is -1.49. The van der Waals surface area contributed by atoms with Crippen molar-refractivity contribution in [2.24, 2.45) is 5.73 Å². The minimum absolute atomic E-state index is 0.256. The van der Waals surface area contributed by atoms with Gasteiger partial charge in [-0.15, -0.1) is 5.10 Å². The minimum atomic E-state index is -0.422. The van der Waals surface area contributed by atoms with Crippen molar-refractivity contribution in [1.29, 1.82) is 0 Å². The van der Waals surface area contributed by atoms with Crippen LogP contribution in [0, 0.1) is 0 Å². The van der Waals surface area contributed by atoms with E-state index in [2.05, 4.69) is 15.5 Å². The molecule has 0 aliphatic heterocycles. The fourth-order valence-electron chi connectivity index (χ4n) is 0.845. The standard InChI is InChI=1S/C9H14N4O/c1-9(2,6-10)12-8(14)7-4-3-5-11-13-7/h3-5H,6,10H2,1-2H3,(H,12,14). The molecule has 0 radical (unpaired) electrons. The lowest BCUT2D eigenvalue weighted by molar-refractivity contribution is 0.0909. The van der Waals surface area contributed by atoms with Crippen LogP contribution in [0.5, 0.6) is 0 Å². The van der Waals surface area contributed by atoms with Gasteiger partial charge in [0.15, 0.2) is 5.69 Å². The maximum atomic E-state index is 11.6. The predicted octanol–water partition coefficient (Wildman–Crippen LogP) is -0.0563. The van der Waals surface area contributed by atoms with Gasteiger partial charge in [-0.25, -0.2) is 0 Å². The van der Waals surface area contributed by atoms with Crippen molar-refractivity contribution in [2.75, 3.05) is 6.54 Å². The van der Waals surface area contributed by atoms with E-state index >= 15 is 0 Å². The van der Waals surface area contributed by atoms with E-state index in [0.717, 1.165) is 0 Å². The summed E-state index contributed by atoms with van der Waals surface area (Å²) < 4.78 is 0. The topological polar surface area (TPSA) is 80.9 Å². The zero-order chi connectivity index (χ0) is 10.6. The molecule has 1 heterocycles. The van der Waals surface area contributed by atoms with Crippen LogP contribution in [0.2, 0.25) is 0 Å². The Kier molecular flexibility index (Phi) is 3.14. The van der Waals surface area contributed by atoms with Gasteiger partial charge in [0.2, 0.25) is 0 Å². The molecule has 3 N–H and O–H groups in total. The highest BCUT2D eigenvalue weighted by atomic mass is 16.2. The van der Waals surface area contributed by atoms with E-state index in [9.17, 15) is 4.79 Å². The van der Waals surface area contributed by atoms with Crippen LogP contribution in [-0.2, 0) is 0 Å². The fraction of sp³-hybridized carbons (Fsp3) is 0.444. The zero-order valence-corrected chi connectivity index (χ0v) is 8.32. The summed E-state index contributed by atoms with van der Waals surface area (Å²) in [5.41, 5.74) is 5.36. The van der Waals surface area contributed by atoms with Gasteiger partial charge in [-0.2, -0.15) is 5.10 Å². The van der Waals surface area contributed by atoms with Crippen molar-refractivity contribution in [1.82, 2.24) is 15.5 Å². The van der Waals surface area contributed by atoms with Gasteiger partial charge in [-0.05, 0) is 26.0 Å². The number of nitrogens with zero attached hydrogens (tertiary/aromatic N) is 2. The normalized spacial score (nSPS) is 11.1. The number of nitrogens with one attached hydrogen (secondary N) is 1. The van der Waals surface area contributed by atoms with Crippen LogP contribution >= 0.6 is 0 Å². The fourth-order valence-corrected chi connectivity index (χ4v) is 0.845. The largest absolute Gasteiger partial charge is 0.344 e. The SMILES string of the molecule is CC(C)(CN)NC(=O)c1cccnn1. The Morgan fingerprint density at radius 3 is 2.86 bits per heavy atom. The van der Waals surface area contributed by atoms with Crippen molar-refractivity contribution in [3.63, 3.8) is 0 Å². The highest BCUT2D eigenvalue weighted by Gasteiger charge is 2.19. The second kappa shape index (κ2) is 4.15. The summed E-state index contributed by atoms with van der Waals surface area (Å²) >= 11 is 0. The molecule has 0 aliphatic rings. The molecule has 0 atom stereocenters. The molecule has 0 unspecified atom stereocenters. The highest BCUT2D eigenvalue weighted by Crippen LogP contribution is 2.00. The minimum Gasteiger partial charge on any atom is -0.344 e. The molecule has 1 amide bonds. The molecule has 5 heteroatoms. The molecule has 0 spiro atoms. The van der Waals surface area contributed by atoms with Crippen molar-refractivity contribution in [3.05, 3.63) is 24.0 Å². The Morgan fingerprint density at radius 2 is 2.36 bits per heavy atom. The highest BCUT2D eigenvalue weighted by molar-refractivity contribution is 5.92. The number of carbonyl (C=O) groups excluding carboxylic acids is 1. The van der Waals surface area contributed by atoms with Crippen LogP contribution in [0.4, 0.5) is 0 Å². The molecular formula is C9H14N4O. The van der Waals surface area contributed by atoms with Gasteiger partial charge in [-0.3, -0.25) is 4.79 Å². The summed E-state index contributed by atoms with van der Waals surface area (Å²) in [7, 11) is 0. The summed E-state index contributed by atoms with van der Waals surface area (Å²) in [5, 5.41) is 10.1. The summed E-state index contributed by atoms with van der Waals surface area (Å²) in [6.07, 6.45) is 1.52. The van der Waals surface area contributed by atoms with E-state index in [1.165, 1.54) is 6.20 Å². The number of hydrogen-bond acceptors (Lipinski definition) is 4. The molecule has 0 saturated carbocycles. The van der Waals surface area contributed by atoms with Crippen LogP contribution in [0.25, 0.3) is 0 Å². The first-order chi connectivity index (χ1) is 6.55. The number of aromatic nitrogens is 2. The molecule has 0 aromatic carbocycles. The van der Waals surface area contributed by atoms with Crippen LogP contribution in [-0.4, -0.2) is 28.2 Å². The van der Waals surface area contributed by atoms with Gasteiger partial charge < -0.3 is 11.1 Å². The van der Waals surface area contributed by atoms with Crippen LogP contribution in [0.15, 0.2) is 18.3 Å². The molecule has 0 aliphatic carbocycles. The van der Waals surface area contributed by atoms with Gasteiger partial charge in [0, 0.05) is 18.3 Å². The van der Waals surface area contributed by atoms with Crippen LogP contribution in [0.3, 0.4) is 0 Å². The lowest BCUT2D eigenvalue weighted by Gasteiger charge is -2.23. The van der Waals surface area contributed by atoms with Gasteiger partial charge in [-0.1, -0.05) is 0 Å². The first kappa shape index (κ1) is 10.6. The van der Waals surface area contributed by atoms with Crippen LogP contribution < -0.4 is 11.1 Å². The Labute approximate surface area is 82.7 Å². The molecule has 5 nitrogen and oxygen atoms in total. The van der Waals surface area contributed by atoms with Crippen molar-refractivity contribution in [2.45, 2.75) is 19.4 Å². The number of nitrogens with two attached hydrogens (primary N) is 1. The summed E-state index contributed by atoms with van der Waals surface area (Å²) in [6.45, 7) is 4.07. The Balaban J connectivity index is 2.69. The molecule has 0 fully saturated rings. The third-order valence-electron chi connectivity index (χ3n) is 1.77. The third-order valence-corrected chi connectivity index (χ3v) is 1.77. The Bertz CT molecular complexity index is 310. The third kappa shape index (κ3) is 2.77. The molecule has 76 valence electrons. The van der Waals surface area contributed by atoms with E-state index in [-0.39, 0.29) is 5.91 Å². The predicted molar refractivity (Wildman–Crippen MR) is 52.6 cm³/mol. The molecule has 1 aromatic heterocycles. The quantitative estimate of drug-likeness (QED) is 0.706. The number of carbonyl (C=O) groups is 1. The van der Waals surface area contributed by atoms with Crippen molar-refractivity contribution >= 4 is 5.91 Å². The Morgan fingerprint density at radius 1 is 1.64 bits per heavy atom. The lowest BCUT2D eigenvalue weighted by atomic mass is 10.1. The van der Waals surface area contributed by atoms with Crippen molar-refractivity contribution < 1.29 is 4.79 Å². The van der Waals surface area contributed by atoms with Gasteiger partial charge in [0.05, 0.1) is 0 Å². The van der Waals surface area contributed by atoms with Crippen LogP contribution in [0.1, 0.15) is 24.3 Å². The number of amides is 1. The van der Waals surface area contributed by atoms with Gasteiger partial charge >= 0.3 is 0 Å². The lowest BCUT2D eigenvalue weighted by Crippen LogP contribution is -2.49. The first-order valence-electron chi connectivity index (χ1n) is 4.35. The number of rotatable bonds is 3. The maximum absolute atomic E-state index is 11.6. The molecule has 1 aromatic rings. The molecule has 1 rings (SSSR count). The average molecular weight is 194 g/mol. The van der Waals surface area contributed by atoms with E-state index in [1.54, 1.807) is 12.1 Å². The van der Waals surface area contributed by atoms with E-state index in [0.29, 0.717) is 12.2 Å². The maximum Gasteiger partial charge on any atom is 0.272 e. The molecule has 0 saturated heterocycles. The average Bonchev–Trinajstić information content (AvgIpc) is 2.19. The monoisotopic (exact) mass is 194 g/mol.